The number of hydrogen-bond acceptors (Lipinski definition) is 4. The number of rotatable bonds is 3. The summed E-state index contributed by atoms with van der Waals surface area (Å²) in [5.41, 5.74) is 2.56. The zero-order valence-corrected chi connectivity index (χ0v) is 10.4. The van der Waals surface area contributed by atoms with E-state index in [9.17, 15) is 0 Å². The maximum atomic E-state index is 8.89. The number of benzene rings is 1. The van der Waals surface area contributed by atoms with Gasteiger partial charge >= 0.3 is 0 Å². The topological polar surface area (TPSA) is 61.6 Å². The van der Waals surface area contributed by atoms with Crippen LogP contribution < -0.4 is 5.32 Å². The Kier molecular flexibility index (Phi) is 3.54. The second kappa shape index (κ2) is 5.28. The van der Waals surface area contributed by atoms with Gasteiger partial charge in [-0.15, -0.1) is 5.10 Å². The summed E-state index contributed by atoms with van der Waals surface area (Å²) in [5, 5.41) is 20.1. The van der Waals surface area contributed by atoms with Crippen LogP contribution in [0.2, 0.25) is 0 Å². The van der Waals surface area contributed by atoms with Gasteiger partial charge in [-0.25, -0.2) is 0 Å². The van der Waals surface area contributed by atoms with Crippen molar-refractivity contribution in [1.82, 2.24) is 10.2 Å². The number of nitrogens with one attached hydrogen (secondary N) is 1. The highest BCUT2D eigenvalue weighted by Gasteiger charge is 2.03. The number of anilines is 1. The molecule has 0 aliphatic rings. The lowest BCUT2D eigenvalue weighted by Crippen LogP contribution is -2.11. The molecule has 0 aliphatic heterocycles. The molecule has 0 saturated carbocycles. The maximum Gasteiger partial charge on any atom is 0.149 e. The van der Waals surface area contributed by atoms with Crippen LogP contribution in [-0.4, -0.2) is 16.2 Å². The van der Waals surface area contributed by atoms with Crippen molar-refractivity contribution in [2.24, 2.45) is 0 Å². The van der Waals surface area contributed by atoms with Crippen molar-refractivity contribution in [3.63, 3.8) is 0 Å². The van der Waals surface area contributed by atoms with E-state index in [1.165, 1.54) is 0 Å². The second-order valence-corrected chi connectivity index (χ2v) is 4.32. The van der Waals surface area contributed by atoms with Crippen molar-refractivity contribution in [3.8, 4) is 17.2 Å². The highest BCUT2D eigenvalue weighted by Crippen LogP contribution is 2.21. The summed E-state index contributed by atoms with van der Waals surface area (Å²) in [6, 6.07) is 11.8. The van der Waals surface area contributed by atoms with E-state index in [1.54, 1.807) is 12.3 Å². The van der Waals surface area contributed by atoms with E-state index in [0.717, 1.165) is 16.9 Å². The summed E-state index contributed by atoms with van der Waals surface area (Å²) in [6.45, 7) is 4.09. The average molecular weight is 238 g/mol. The molecule has 1 N–H and O–H groups in total. The van der Waals surface area contributed by atoms with Gasteiger partial charge in [0.2, 0.25) is 0 Å². The highest BCUT2D eigenvalue weighted by atomic mass is 15.2. The van der Waals surface area contributed by atoms with Gasteiger partial charge in [-0.3, -0.25) is 0 Å². The third-order valence-electron chi connectivity index (χ3n) is 2.42. The molecule has 0 bridgehead atoms. The Hall–Kier alpha value is -2.41. The molecule has 90 valence electrons. The first-order valence-corrected chi connectivity index (χ1v) is 5.79. The molecule has 1 aromatic heterocycles. The van der Waals surface area contributed by atoms with Gasteiger partial charge < -0.3 is 5.32 Å². The van der Waals surface area contributed by atoms with Gasteiger partial charge in [-0.05, 0) is 37.6 Å². The fraction of sp³-hybridized carbons (Fsp3) is 0.214. The molecule has 2 rings (SSSR count). The molecule has 0 atom stereocenters. The van der Waals surface area contributed by atoms with E-state index < -0.39 is 0 Å². The molecule has 2 aromatic rings. The summed E-state index contributed by atoms with van der Waals surface area (Å²) in [7, 11) is 0. The van der Waals surface area contributed by atoms with Crippen LogP contribution in [0.15, 0.2) is 36.5 Å². The molecule has 0 amide bonds. The first-order valence-electron chi connectivity index (χ1n) is 5.79. The first kappa shape index (κ1) is 12.1. The third kappa shape index (κ3) is 2.83. The van der Waals surface area contributed by atoms with E-state index in [2.05, 4.69) is 21.6 Å². The van der Waals surface area contributed by atoms with Gasteiger partial charge in [0.15, 0.2) is 0 Å². The summed E-state index contributed by atoms with van der Waals surface area (Å²) in [5.74, 6) is 0.741. The zero-order valence-electron chi connectivity index (χ0n) is 10.4. The Labute approximate surface area is 106 Å². The van der Waals surface area contributed by atoms with Crippen LogP contribution in [-0.2, 0) is 0 Å². The van der Waals surface area contributed by atoms with Crippen molar-refractivity contribution in [3.05, 3.63) is 42.1 Å². The third-order valence-corrected chi connectivity index (χ3v) is 2.42. The van der Waals surface area contributed by atoms with Crippen molar-refractivity contribution < 1.29 is 0 Å². The molecule has 1 heterocycles. The van der Waals surface area contributed by atoms with Crippen molar-refractivity contribution in [2.75, 3.05) is 5.32 Å². The van der Waals surface area contributed by atoms with E-state index in [0.29, 0.717) is 11.6 Å². The largest absolute Gasteiger partial charge is 0.366 e. The van der Waals surface area contributed by atoms with Crippen LogP contribution in [0.4, 0.5) is 5.82 Å². The molecule has 4 nitrogen and oxygen atoms in total. The Balaban J connectivity index is 2.35. The zero-order chi connectivity index (χ0) is 13.0. The number of aromatic nitrogens is 2. The molecule has 0 saturated heterocycles. The van der Waals surface area contributed by atoms with Gasteiger partial charge in [0, 0.05) is 11.6 Å². The molecule has 0 unspecified atom stereocenters. The van der Waals surface area contributed by atoms with E-state index in [1.807, 2.05) is 38.1 Å². The average Bonchev–Trinajstić information content (AvgIpc) is 2.38. The van der Waals surface area contributed by atoms with E-state index >= 15 is 0 Å². The molecule has 0 fully saturated rings. The Morgan fingerprint density at radius 2 is 2.06 bits per heavy atom. The minimum absolute atomic E-state index is 0.306. The lowest BCUT2D eigenvalue weighted by molar-refractivity contribution is 0.874. The fourth-order valence-corrected chi connectivity index (χ4v) is 1.66. The molecule has 4 heteroatoms. The van der Waals surface area contributed by atoms with E-state index in [4.69, 9.17) is 5.26 Å². The van der Waals surface area contributed by atoms with Crippen LogP contribution in [0.3, 0.4) is 0 Å². The minimum atomic E-state index is 0.306. The van der Waals surface area contributed by atoms with Gasteiger partial charge in [-0.1, -0.05) is 12.1 Å². The standard InChI is InChI=1S/C14H14N4/c1-10(2)17-14-7-13(9-16-18-14)12-5-3-4-11(6-12)8-15/h3-7,9-10H,1-2H3,(H,17,18). The number of hydrogen-bond donors (Lipinski definition) is 1. The number of nitriles is 1. The molecular formula is C14H14N4. The molecule has 0 radical (unpaired) electrons. The first-order chi connectivity index (χ1) is 8.69. The monoisotopic (exact) mass is 238 g/mol. The normalized spacial score (nSPS) is 10.1. The van der Waals surface area contributed by atoms with Crippen molar-refractivity contribution >= 4 is 5.82 Å². The maximum absolute atomic E-state index is 8.89. The summed E-state index contributed by atoms with van der Waals surface area (Å²) in [4.78, 5) is 0. The number of nitrogens with zero attached hydrogens (tertiary/aromatic N) is 3. The Morgan fingerprint density at radius 1 is 1.22 bits per heavy atom. The highest BCUT2D eigenvalue weighted by molar-refractivity contribution is 5.66. The predicted molar refractivity (Wildman–Crippen MR) is 70.9 cm³/mol. The van der Waals surface area contributed by atoms with Gasteiger partial charge in [0.05, 0.1) is 17.8 Å². The van der Waals surface area contributed by atoms with Crippen molar-refractivity contribution in [2.45, 2.75) is 19.9 Å². The van der Waals surface area contributed by atoms with Crippen LogP contribution in [0.5, 0.6) is 0 Å². The SMILES string of the molecule is CC(C)Nc1cc(-c2cccc(C#N)c2)cnn1. The summed E-state index contributed by atoms with van der Waals surface area (Å²) < 4.78 is 0. The minimum Gasteiger partial charge on any atom is -0.366 e. The van der Waals surface area contributed by atoms with Crippen LogP contribution in [0.1, 0.15) is 19.4 Å². The van der Waals surface area contributed by atoms with E-state index in [-0.39, 0.29) is 0 Å². The second-order valence-electron chi connectivity index (χ2n) is 4.32. The smallest absolute Gasteiger partial charge is 0.149 e. The van der Waals surface area contributed by atoms with Gasteiger partial charge in [0.25, 0.3) is 0 Å². The fourth-order valence-electron chi connectivity index (χ4n) is 1.66. The molecular weight excluding hydrogens is 224 g/mol. The molecule has 0 spiro atoms. The lowest BCUT2D eigenvalue weighted by atomic mass is 10.1. The Morgan fingerprint density at radius 3 is 2.78 bits per heavy atom. The van der Waals surface area contributed by atoms with Gasteiger partial charge in [-0.2, -0.15) is 10.4 Å². The predicted octanol–water partition coefficient (Wildman–Crippen LogP) is 2.84. The molecule has 18 heavy (non-hydrogen) atoms. The van der Waals surface area contributed by atoms with Crippen LogP contribution in [0, 0.1) is 11.3 Å². The molecule has 1 aromatic carbocycles. The van der Waals surface area contributed by atoms with Crippen molar-refractivity contribution in [1.29, 1.82) is 5.26 Å². The Bertz CT molecular complexity index is 584. The molecule has 0 aliphatic carbocycles. The summed E-state index contributed by atoms with van der Waals surface area (Å²) >= 11 is 0. The quantitative estimate of drug-likeness (QED) is 0.893. The van der Waals surface area contributed by atoms with Crippen LogP contribution >= 0.6 is 0 Å². The van der Waals surface area contributed by atoms with Crippen LogP contribution in [0.25, 0.3) is 11.1 Å². The summed E-state index contributed by atoms with van der Waals surface area (Å²) in [6.07, 6.45) is 1.70. The lowest BCUT2D eigenvalue weighted by Gasteiger charge is -2.09. The van der Waals surface area contributed by atoms with Gasteiger partial charge in [0.1, 0.15) is 5.82 Å².